The molecule has 2 atom stereocenters. The minimum Gasteiger partial charge on any atom is -0.481 e. The molecule has 3 fully saturated rings. The van der Waals surface area contributed by atoms with Gasteiger partial charge in [-0.05, 0) is 63.2 Å². The van der Waals surface area contributed by atoms with E-state index < -0.39 is 18.5 Å². The lowest BCUT2D eigenvalue weighted by molar-refractivity contribution is -0.138. The topological polar surface area (TPSA) is 113 Å². The average molecular weight is 421 g/mol. The van der Waals surface area contributed by atoms with Gasteiger partial charge in [0.1, 0.15) is 11.5 Å². The molecule has 2 unspecified atom stereocenters. The number of nitrogens with one attached hydrogen (secondary N) is 1. The summed E-state index contributed by atoms with van der Waals surface area (Å²) in [4.78, 5) is 23.1. The van der Waals surface area contributed by atoms with E-state index >= 15 is 0 Å². The van der Waals surface area contributed by atoms with Crippen molar-refractivity contribution < 1.29 is 20.1 Å². The van der Waals surface area contributed by atoms with E-state index in [9.17, 15) is 15.0 Å². The highest BCUT2D eigenvalue weighted by atomic mass is 16.4. The van der Waals surface area contributed by atoms with Crippen LogP contribution in [0.25, 0.3) is 0 Å². The summed E-state index contributed by atoms with van der Waals surface area (Å²) in [7, 11) is 0. The van der Waals surface area contributed by atoms with Crippen LogP contribution in [-0.4, -0.2) is 55.6 Å². The molecule has 1 aromatic rings. The van der Waals surface area contributed by atoms with E-state index in [4.69, 9.17) is 10.1 Å². The number of aliphatic hydroxyl groups excluding tert-OH is 2. The minimum atomic E-state index is -0.887. The number of H-pyrrole nitrogens is 1. The van der Waals surface area contributed by atoms with Crippen molar-refractivity contribution in [2.45, 2.75) is 96.1 Å². The van der Waals surface area contributed by atoms with Crippen LogP contribution < -0.4 is 4.90 Å². The molecule has 0 spiro atoms. The van der Waals surface area contributed by atoms with Gasteiger partial charge in [0.05, 0.1) is 0 Å². The molecule has 1 aromatic heterocycles. The first-order valence-corrected chi connectivity index (χ1v) is 11.6. The Morgan fingerprint density at radius 3 is 2.30 bits per heavy atom. The summed E-state index contributed by atoms with van der Waals surface area (Å²) < 4.78 is 0. The first-order chi connectivity index (χ1) is 14.3. The summed E-state index contributed by atoms with van der Waals surface area (Å²) in [6.45, 7) is 5.40. The van der Waals surface area contributed by atoms with Crippen LogP contribution in [0.15, 0.2) is 0 Å². The van der Waals surface area contributed by atoms with E-state index in [1.807, 2.05) is 11.8 Å². The molecule has 3 saturated carbocycles. The minimum absolute atomic E-state index is 0.0273. The van der Waals surface area contributed by atoms with Crippen molar-refractivity contribution in [3.63, 3.8) is 0 Å². The number of carboxylic acids is 1. The number of rotatable bonds is 8. The van der Waals surface area contributed by atoms with Crippen LogP contribution in [0.1, 0.15) is 95.8 Å². The van der Waals surface area contributed by atoms with Gasteiger partial charge in [-0.3, -0.25) is 4.79 Å². The third kappa shape index (κ3) is 3.52. The molecule has 5 rings (SSSR count). The van der Waals surface area contributed by atoms with Gasteiger partial charge < -0.3 is 25.2 Å². The maximum absolute atomic E-state index is 11.1. The van der Waals surface area contributed by atoms with E-state index in [2.05, 4.69) is 11.9 Å². The summed E-state index contributed by atoms with van der Waals surface area (Å²) in [5.74, 6) is 0.914. The summed E-state index contributed by atoms with van der Waals surface area (Å²) in [5.41, 5.74) is 0.842. The van der Waals surface area contributed by atoms with Crippen LogP contribution in [0.2, 0.25) is 0 Å². The van der Waals surface area contributed by atoms with Crippen molar-refractivity contribution in [1.29, 1.82) is 0 Å². The molecule has 4 aliphatic rings. The van der Waals surface area contributed by atoms with Gasteiger partial charge in [-0.2, -0.15) is 0 Å². The first kappa shape index (κ1) is 21.6. The number of aliphatic hydroxyl groups is 2. The highest BCUT2D eigenvalue weighted by molar-refractivity contribution is 5.66. The monoisotopic (exact) mass is 420 g/mol. The predicted octanol–water partition coefficient (Wildman–Crippen LogP) is 3.08. The number of anilines is 1. The lowest BCUT2D eigenvalue weighted by Gasteiger charge is -2.52. The molecule has 0 amide bonds. The molecule has 0 radical (unpaired) electrons. The SMILES string of the molecule is CCCN1c2nc(C34CCC(CCC(=O)O)(CC3)CC4)[nH]c2C(O)N(CCC)C1O. The van der Waals surface area contributed by atoms with E-state index in [0.717, 1.165) is 63.6 Å². The molecule has 8 heteroatoms. The number of carboxylic acid groups (broad SMARTS) is 1. The smallest absolute Gasteiger partial charge is 0.303 e. The van der Waals surface area contributed by atoms with Crippen LogP contribution in [0.5, 0.6) is 0 Å². The number of aliphatic carboxylic acids is 1. The van der Waals surface area contributed by atoms with Crippen LogP contribution in [0.4, 0.5) is 5.82 Å². The fraction of sp³-hybridized carbons (Fsp3) is 0.818. The van der Waals surface area contributed by atoms with Gasteiger partial charge in [0.15, 0.2) is 18.4 Å². The van der Waals surface area contributed by atoms with Crippen LogP contribution in [-0.2, 0) is 10.2 Å². The molecular formula is C22H36N4O4. The first-order valence-electron chi connectivity index (χ1n) is 11.6. The number of carbonyl (C=O) groups is 1. The summed E-state index contributed by atoms with van der Waals surface area (Å²) in [6, 6.07) is 0. The van der Waals surface area contributed by atoms with Gasteiger partial charge in [-0.25, -0.2) is 9.88 Å². The number of imidazole rings is 1. The highest BCUT2D eigenvalue weighted by Gasteiger charge is 2.51. The zero-order valence-corrected chi connectivity index (χ0v) is 18.2. The lowest BCUT2D eigenvalue weighted by atomic mass is 9.52. The zero-order chi connectivity index (χ0) is 21.5. The molecule has 30 heavy (non-hydrogen) atoms. The largest absolute Gasteiger partial charge is 0.481 e. The van der Waals surface area contributed by atoms with Crippen LogP contribution in [0.3, 0.4) is 0 Å². The lowest BCUT2D eigenvalue weighted by Crippen LogP contribution is -2.54. The number of fused-ring (bicyclic) bond motifs is 4. The number of aromatic amines is 1. The van der Waals surface area contributed by atoms with Gasteiger partial charge in [0.25, 0.3) is 0 Å². The van der Waals surface area contributed by atoms with Crippen molar-refractivity contribution in [1.82, 2.24) is 14.9 Å². The Kier molecular flexibility index (Phi) is 5.85. The molecule has 168 valence electrons. The molecular weight excluding hydrogens is 384 g/mol. The second kappa shape index (κ2) is 8.13. The van der Waals surface area contributed by atoms with Crippen LogP contribution >= 0.6 is 0 Å². The van der Waals surface area contributed by atoms with Gasteiger partial charge in [0, 0.05) is 24.9 Å². The van der Waals surface area contributed by atoms with Crippen molar-refractivity contribution in [3.05, 3.63) is 11.5 Å². The van der Waals surface area contributed by atoms with Crippen molar-refractivity contribution in [2.24, 2.45) is 5.41 Å². The average Bonchev–Trinajstić information content (AvgIpc) is 3.20. The number of aromatic nitrogens is 2. The standard InChI is InChI=1S/C22H36N4O4/c1-3-13-25-17-16(18(29)26(14-4-2)20(25)30)23-19(24-17)22-10-7-21(8-11-22,9-12-22)6-5-15(27)28/h18,20,29-30H,3-14H2,1-2H3,(H,23,24)(H,27,28). The van der Waals surface area contributed by atoms with Crippen molar-refractivity contribution in [3.8, 4) is 0 Å². The molecule has 2 bridgehead atoms. The Labute approximate surface area is 178 Å². The summed E-state index contributed by atoms with van der Waals surface area (Å²) in [5, 5.41) is 30.9. The normalized spacial score (nSPS) is 33.7. The molecule has 4 N–H and O–H groups in total. The second-order valence-electron chi connectivity index (χ2n) is 9.65. The van der Waals surface area contributed by atoms with E-state index in [1.165, 1.54) is 0 Å². The Balaban J connectivity index is 1.60. The molecule has 3 aliphatic carbocycles. The Morgan fingerprint density at radius 2 is 1.73 bits per heavy atom. The number of hydrogen-bond acceptors (Lipinski definition) is 6. The van der Waals surface area contributed by atoms with Gasteiger partial charge in [-0.1, -0.05) is 13.8 Å². The van der Waals surface area contributed by atoms with Crippen molar-refractivity contribution in [2.75, 3.05) is 18.0 Å². The summed E-state index contributed by atoms with van der Waals surface area (Å²) in [6.07, 6.45) is 7.12. The fourth-order valence-electron chi connectivity index (χ4n) is 5.93. The third-order valence-electron chi connectivity index (χ3n) is 7.85. The Morgan fingerprint density at radius 1 is 1.10 bits per heavy atom. The molecule has 0 aromatic carbocycles. The van der Waals surface area contributed by atoms with E-state index in [0.29, 0.717) is 24.6 Å². The molecule has 8 nitrogen and oxygen atoms in total. The summed E-state index contributed by atoms with van der Waals surface area (Å²) >= 11 is 0. The third-order valence-corrected chi connectivity index (χ3v) is 7.85. The Hall–Kier alpha value is -1.64. The maximum Gasteiger partial charge on any atom is 0.303 e. The van der Waals surface area contributed by atoms with E-state index in [1.54, 1.807) is 4.90 Å². The van der Waals surface area contributed by atoms with E-state index in [-0.39, 0.29) is 17.3 Å². The molecule has 1 aliphatic heterocycles. The number of nitrogens with zero attached hydrogens (tertiary/aromatic N) is 3. The quantitative estimate of drug-likeness (QED) is 0.511. The predicted molar refractivity (Wildman–Crippen MR) is 113 cm³/mol. The molecule has 0 saturated heterocycles. The van der Waals surface area contributed by atoms with Crippen LogP contribution in [0, 0.1) is 5.41 Å². The second-order valence-corrected chi connectivity index (χ2v) is 9.65. The Bertz CT molecular complexity index is 755. The number of hydrogen-bond donors (Lipinski definition) is 4. The molecule has 2 heterocycles. The van der Waals surface area contributed by atoms with Gasteiger partial charge >= 0.3 is 5.97 Å². The zero-order valence-electron chi connectivity index (χ0n) is 18.2. The van der Waals surface area contributed by atoms with Crippen molar-refractivity contribution >= 4 is 11.8 Å². The maximum atomic E-state index is 11.1. The highest BCUT2D eigenvalue weighted by Crippen LogP contribution is 2.59. The van der Waals surface area contributed by atoms with Gasteiger partial charge in [0.2, 0.25) is 0 Å². The fourth-order valence-corrected chi connectivity index (χ4v) is 5.93. The van der Waals surface area contributed by atoms with Gasteiger partial charge in [-0.15, -0.1) is 0 Å².